The van der Waals surface area contributed by atoms with Crippen molar-refractivity contribution in [2.75, 3.05) is 6.54 Å². The minimum absolute atomic E-state index is 0.00000496. The lowest BCUT2D eigenvalue weighted by Crippen LogP contribution is -2.64. The van der Waals surface area contributed by atoms with Crippen LogP contribution in [0.3, 0.4) is 0 Å². The fourth-order valence-electron chi connectivity index (χ4n) is 1.78. The molecule has 0 aromatic heterocycles. The average molecular weight is 319 g/mol. The Kier molecular flexibility index (Phi) is 3.98. The molecule has 0 spiro atoms. The Morgan fingerprint density at radius 2 is 2.00 bits per heavy atom. The van der Waals surface area contributed by atoms with E-state index < -0.39 is 28.2 Å². The quantitative estimate of drug-likeness (QED) is 0.487. The van der Waals surface area contributed by atoms with Gasteiger partial charge in [0.25, 0.3) is 5.91 Å². The van der Waals surface area contributed by atoms with E-state index in [1.807, 2.05) is 0 Å². The van der Waals surface area contributed by atoms with Crippen molar-refractivity contribution in [3.63, 3.8) is 0 Å². The first-order valence-electron chi connectivity index (χ1n) is 5.61. The van der Waals surface area contributed by atoms with E-state index in [0.717, 1.165) is 5.56 Å². The predicted octanol–water partition coefficient (Wildman–Crippen LogP) is 0.225. The van der Waals surface area contributed by atoms with E-state index in [-0.39, 0.29) is 17.3 Å². The fourth-order valence-corrected chi connectivity index (χ4v) is 2.66. The Morgan fingerprint density at radius 3 is 2.50 bits per heavy atom. The van der Waals surface area contributed by atoms with Gasteiger partial charge in [-0.15, -0.1) is 0 Å². The van der Waals surface area contributed by atoms with Gasteiger partial charge >= 0.3 is 10.3 Å². The summed E-state index contributed by atoms with van der Waals surface area (Å²) in [5, 5.41) is 0. The van der Waals surface area contributed by atoms with Crippen molar-refractivity contribution in [3.05, 3.63) is 35.9 Å². The molecule has 1 saturated heterocycles. The summed E-state index contributed by atoms with van der Waals surface area (Å²) < 4.78 is 31.2. The first kappa shape index (κ1) is 14.8. The molecule has 20 heavy (non-hydrogen) atoms. The number of β-lactam (4-membered cyclic amide) rings is 1. The molecule has 1 aliphatic rings. The molecular weight excluding hydrogens is 308 g/mol. The summed E-state index contributed by atoms with van der Waals surface area (Å²) in [5.41, 5.74) is 0.724. The maximum atomic E-state index is 11.9. The topological polar surface area (TPSA) is 95.0 Å². The van der Waals surface area contributed by atoms with Gasteiger partial charge in [0.2, 0.25) is 5.91 Å². The van der Waals surface area contributed by atoms with Gasteiger partial charge in [-0.3, -0.25) is 14.1 Å². The highest BCUT2D eigenvalue weighted by molar-refractivity contribution is 7.84. The van der Waals surface area contributed by atoms with Gasteiger partial charge in [0.05, 0.1) is 13.0 Å². The van der Waals surface area contributed by atoms with Gasteiger partial charge in [0.15, 0.2) is 0 Å². The summed E-state index contributed by atoms with van der Waals surface area (Å²) >= 11 is 5.75. The van der Waals surface area contributed by atoms with Crippen molar-refractivity contribution in [1.29, 1.82) is 0 Å². The highest BCUT2D eigenvalue weighted by atomic mass is 35.5. The van der Waals surface area contributed by atoms with E-state index in [1.165, 1.54) is 0 Å². The Morgan fingerprint density at radius 1 is 1.40 bits per heavy atom. The minimum atomic E-state index is -4.58. The Hall–Kier alpha value is -1.64. The molecule has 0 bridgehead atoms. The Labute approximate surface area is 120 Å². The highest BCUT2D eigenvalue weighted by Gasteiger charge is 2.48. The smallest absolute Gasteiger partial charge is 0.273 e. The molecule has 1 fully saturated rings. The van der Waals surface area contributed by atoms with Gasteiger partial charge in [-0.2, -0.15) is 8.42 Å². The van der Waals surface area contributed by atoms with Crippen molar-refractivity contribution in [3.8, 4) is 0 Å². The molecule has 2 rings (SSSR count). The summed E-state index contributed by atoms with van der Waals surface area (Å²) in [5.74, 6) is -1.45. The molecule has 1 atom stereocenters. The van der Waals surface area contributed by atoms with Crippen molar-refractivity contribution in [1.82, 2.24) is 8.72 Å². The second-order valence-electron chi connectivity index (χ2n) is 4.23. The number of amides is 2. The standard InChI is InChI=1S/C11H11ClN2O5S/c12-14(9-7-13(11(9)16)20(17,18)19)10(15)6-8-4-2-1-3-5-8/h1-5,9H,6-7H2,(H,17,18,19). The molecule has 1 heterocycles. The number of rotatable bonds is 4. The molecule has 0 radical (unpaired) electrons. The third-order valence-corrected chi connectivity index (χ3v) is 4.17. The summed E-state index contributed by atoms with van der Waals surface area (Å²) in [6, 6.07) is 7.71. The third-order valence-electron chi connectivity index (χ3n) is 2.86. The van der Waals surface area contributed by atoms with Crippen LogP contribution in [0.25, 0.3) is 0 Å². The maximum absolute atomic E-state index is 11.9. The van der Waals surface area contributed by atoms with Gasteiger partial charge in [0, 0.05) is 11.8 Å². The molecular formula is C11H11ClN2O5S. The average Bonchev–Trinajstić information content (AvgIpc) is 2.36. The van der Waals surface area contributed by atoms with Crippen LogP contribution in [-0.4, -0.2) is 46.1 Å². The van der Waals surface area contributed by atoms with Gasteiger partial charge in [-0.1, -0.05) is 30.3 Å². The van der Waals surface area contributed by atoms with Crippen LogP contribution in [0.4, 0.5) is 0 Å². The van der Waals surface area contributed by atoms with Crippen LogP contribution in [0.2, 0.25) is 0 Å². The van der Waals surface area contributed by atoms with E-state index in [4.69, 9.17) is 16.3 Å². The summed E-state index contributed by atoms with van der Waals surface area (Å²) in [7, 11) is -4.58. The number of nitrogens with zero attached hydrogens (tertiary/aromatic N) is 2. The van der Waals surface area contributed by atoms with E-state index in [2.05, 4.69) is 0 Å². The summed E-state index contributed by atoms with van der Waals surface area (Å²) in [6.45, 7) is -0.346. The molecule has 2 amide bonds. The maximum Gasteiger partial charge on any atom is 0.362 e. The van der Waals surface area contributed by atoms with E-state index >= 15 is 0 Å². The first-order valence-corrected chi connectivity index (χ1v) is 7.35. The van der Waals surface area contributed by atoms with Crippen LogP contribution in [0.1, 0.15) is 5.56 Å². The molecule has 1 N–H and O–H groups in total. The SMILES string of the molecule is O=C(Cc1ccccc1)N(Cl)C1CN(S(=O)(=O)O)C1=O. The summed E-state index contributed by atoms with van der Waals surface area (Å²) in [4.78, 5) is 23.4. The normalized spacial score (nSPS) is 18.6. The molecule has 1 unspecified atom stereocenters. The molecule has 7 nitrogen and oxygen atoms in total. The molecule has 1 aromatic rings. The lowest BCUT2D eigenvalue weighted by atomic mass is 10.1. The van der Waals surface area contributed by atoms with Crippen molar-refractivity contribution in [2.24, 2.45) is 0 Å². The molecule has 9 heteroatoms. The van der Waals surface area contributed by atoms with Crippen LogP contribution < -0.4 is 0 Å². The number of carbonyl (C=O) groups excluding carboxylic acids is 2. The van der Waals surface area contributed by atoms with Crippen molar-refractivity contribution < 1.29 is 22.6 Å². The van der Waals surface area contributed by atoms with Gasteiger partial charge < -0.3 is 0 Å². The fraction of sp³-hybridized carbons (Fsp3) is 0.273. The Balaban J connectivity index is 1.98. The molecule has 1 aromatic carbocycles. The van der Waals surface area contributed by atoms with Gasteiger partial charge in [-0.25, -0.2) is 8.72 Å². The van der Waals surface area contributed by atoms with Crippen LogP contribution in [0.5, 0.6) is 0 Å². The highest BCUT2D eigenvalue weighted by Crippen LogP contribution is 2.22. The van der Waals surface area contributed by atoms with Crippen LogP contribution in [0, 0.1) is 0 Å². The van der Waals surface area contributed by atoms with Crippen molar-refractivity contribution >= 4 is 33.9 Å². The van der Waals surface area contributed by atoms with Crippen LogP contribution in [0.15, 0.2) is 30.3 Å². The minimum Gasteiger partial charge on any atom is -0.273 e. The lowest BCUT2D eigenvalue weighted by molar-refractivity contribution is -0.146. The number of halogens is 1. The molecule has 0 saturated carbocycles. The predicted molar refractivity (Wildman–Crippen MR) is 69.9 cm³/mol. The second kappa shape index (κ2) is 5.39. The molecule has 0 aliphatic carbocycles. The number of hydrogen-bond acceptors (Lipinski definition) is 4. The van der Waals surface area contributed by atoms with E-state index in [9.17, 15) is 18.0 Å². The van der Waals surface area contributed by atoms with Gasteiger partial charge in [-0.05, 0) is 5.56 Å². The monoisotopic (exact) mass is 318 g/mol. The first-order chi connectivity index (χ1) is 9.30. The largest absolute Gasteiger partial charge is 0.362 e. The van der Waals surface area contributed by atoms with E-state index in [0.29, 0.717) is 4.42 Å². The van der Waals surface area contributed by atoms with Crippen molar-refractivity contribution in [2.45, 2.75) is 12.5 Å². The number of carbonyl (C=O) groups is 2. The Bertz CT molecular complexity index is 633. The number of hydrogen-bond donors (Lipinski definition) is 1. The number of benzene rings is 1. The lowest BCUT2D eigenvalue weighted by Gasteiger charge is -2.38. The zero-order chi connectivity index (χ0) is 14.9. The van der Waals surface area contributed by atoms with Gasteiger partial charge in [0.1, 0.15) is 6.04 Å². The zero-order valence-corrected chi connectivity index (χ0v) is 11.7. The second-order valence-corrected chi connectivity index (χ2v) is 5.93. The van der Waals surface area contributed by atoms with Crippen LogP contribution in [-0.2, 0) is 26.3 Å². The van der Waals surface area contributed by atoms with Crippen LogP contribution >= 0.6 is 11.8 Å². The third kappa shape index (κ3) is 2.92. The molecule has 108 valence electrons. The summed E-state index contributed by atoms with van der Waals surface area (Å²) in [6.07, 6.45) is -0.00000496. The van der Waals surface area contributed by atoms with E-state index in [1.54, 1.807) is 30.3 Å². The zero-order valence-electron chi connectivity index (χ0n) is 10.1. The molecule has 1 aliphatic heterocycles.